The minimum absolute atomic E-state index is 0.0568. The lowest BCUT2D eigenvalue weighted by Crippen LogP contribution is -2.14. The molecule has 33 heavy (non-hydrogen) atoms. The summed E-state index contributed by atoms with van der Waals surface area (Å²) in [5, 5.41) is 12.4. The van der Waals surface area contributed by atoms with Crippen LogP contribution in [0.2, 0.25) is 0 Å². The number of ether oxygens (including phenoxy) is 2. The van der Waals surface area contributed by atoms with Gasteiger partial charge in [0.05, 0.1) is 7.11 Å². The van der Waals surface area contributed by atoms with Crippen LogP contribution in [-0.4, -0.2) is 13.0 Å². The molecular weight excluding hydrogens is 487 g/mol. The standard InChI is InChI=1S/C26H22BrFN2O3/c1-16-5-4-6-23(17(16)2)30-26(31)20(14-29)11-19-12-24(32-3)25(13-22(19)27)33-15-18-7-9-21(28)10-8-18/h4-13H,15H2,1-3H3,(H,30,31). The number of carbonyl (C=O) groups is 1. The zero-order valence-corrected chi connectivity index (χ0v) is 20.0. The van der Waals surface area contributed by atoms with E-state index >= 15 is 0 Å². The van der Waals surface area contributed by atoms with Crippen molar-refractivity contribution in [1.29, 1.82) is 5.26 Å². The highest BCUT2D eigenvalue weighted by atomic mass is 79.9. The summed E-state index contributed by atoms with van der Waals surface area (Å²) >= 11 is 3.47. The summed E-state index contributed by atoms with van der Waals surface area (Å²) in [4.78, 5) is 12.7. The number of nitrogens with one attached hydrogen (secondary N) is 1. The van der Waals surface area contributed by atoms with Crippen LogP contribution in [0.3, 0.4) is 0 Å². The fourth-order valence-corrected chi connectivity index (χ4v) is 3.49. The lowest BCUT2D eigenvalue weighted by atomic mass is 10.1. The Bertz CT molecular complexity index is 1250. The van der Waals surface area contributed by atoms with Crippen molar-refractivity contribution in [2.75, 3.05) is 12.4 Å². The summed E-state index contributed by atoms with van der Waals surface area (Å²) in [6, 6.07) is 16.9. The summed E-state index contributed by atoms with van der Waals surface area (Å²) in [5.74, 6) is 0.0711. The van der Waals surface area contributed by atoms with Crippen LogP contribution in [0.5, 0.6) is 11.5 Å². The van der Waals surface area contributed by atoms with Gasteiger partial charge < -0.3 is 14.8 Å². The van der Waals surface area contributed by atoms with Crippen molar-refractivity contribution in [1.82, 2.24) is 0 Å². The Morgan fingerprint density at radius 1 is 1.15 bits per heavy atom. The molecular formula is C26H22BrFN2O3. The first kappa shape index (κ1) is 24.0. The number of benzene rings is 3. The summed E-state index contributed by atoms with van der Waals surface area (Å²) < 4.78 is 25.0. The van der Waals surface area contributed by atoms with Crippen molar-refractivity contribution in [3.63, 3.8) is 0 Å². The number of rotatable bonds is 7. The third-order valence-electron chi connectivity index (χ3n) is 5.11. The van der Waals surface area contributed by atoms with E-state index in [2.05, 4.69) is 21.2 Å². The first-order valence-electron chi connectivity index (χ1n) is 10.1. The Hall–Kier alpha value is -3.63. The minimum Gasteiger partial charge on any atom is -0.493 e. The maximum absolute atomic E-state index is 13.1. The highest BCUT2D eigenvalue weighted by molar-refractivity contribution is 9.10. The minimum atomic E-state index is -0.506. The Morgan fingerprint density at radius 2 is 1.88 bits per heavy atom. The van der Waals surface area contributed by atoms with Crippen molar-refractivity contribution >= 4 is 33.6 Å². The molecule has 5 nitrogen and oxygen atoms in total. The molecule has 0 aliphatic heterocycles. The molecule has 0 heterocycles. The Labute approximate surface area is 200 Å². The smallest absolute Gasteiger partial charge is 0.266 e. The Balaban J connectivity index is 1.83. The van der Waals surface area contributed by atoms with E-state index in [0.29, 0.717) is 27.2 Å². The molecule has 0 atom stereocenters. The van der Waals surface area contributed by atoms with E-state index in [-0.39, 0.29) is 18.0 Å². The quantitative estimate of drug-likeness (QED) is 0.298. The van der Waals surface area contributed by atoms with Gasteiger partial charge in [-0.15, -0.1) is 0 Å². The third-order valence-corrected chi connectivity index (χ3v) is 5.80. The average Bonchev–Trinajstić information content (AvgIpc) is 2.81. The number of halogens is 2. The second kappa shape index (κ2) is 10.8. The first-order chi connectivity index (χ1) is 15.8. The van der Waals surface area contributed by atoms with E-state index in [4.69, 9.17) is 9.47 Å². The third kappa shape index (κ3) is 5.99. The molecule has 0 aromatic heterocycles. The van der Waals surface area contributed by atoms with Gasteiger partial charge in [0.2, 0.25) is 0 Å². The van der Waals surface area contributed by atoms with Gasteiger partial charge in [0.15, 0.2) is 11.5 Å². The number of methoxy groups -OCH3 is 1. The van der Waals surface area contributed by atoms with Gasteiger partial charge in [0, 0.05) is 10.2 Å². The molecule has 1 N–H and O–H groups in total. The molecule has 0 bridgehead atoms. The molecule has 0 radical (unpaired) electrons. The molecule has 3 aromatic carbocycles. The second-order valence-electron chi connectivity index (χ2n) is 7.31. The summed E-state index contributed by atoms with van der Waals surface area (Å²) in [5.41, 5.74) is 3.95. The molecule has 3 aromatic rings. The van der Waals surface area contributed by atoms with Crippen LogP contribution in [0.1, 0.15) is 22.3 Å². The zero-order chi connectivity index (χ0) is 24.0. The van der Waals surface area contributed by atoms with Crippen LogP contribution in [0.4, 0.5) is 10.1 Å². The second-order valence-corrected chi connectivity index (χ2v) is 8.17. The largest absolute Gasteiger partial charge is 0.493 e. The van der Waals surface area contributed by atoms with Gasteiger partial charge >= 0.3 is 0 Å². The van der Waals surface area contributed by atoms with E-state index in [1.54, 1.807) is 30.3 Å². The monoisotopic (exact) mass is 508 g/mol. The fourth-order valence-electron chi connectivity index (χ4n) is 3.06. The molecule has 1 amide bonds. The molecule has 7 heteroatoms. The molecule has 0 fully saturated rings. The molecule has 0 aliphatic rings. The molecule has 0 unspecified atom stereocenters. The molecule has 0 saturated carbocycles. The van der Waals surface area contributed by atoms with E-state index in [0.717, 1.165) is 16.7 Å². The van der Waals surface area contributed by atoms with Gasteiger partial charge in [-0.05, 0) is 72.5 Å². The van der Waals surface area contributed by atoms with Crippen molar-refractivity contribution in [3.05, 3.63) is 92.7 Å². The molecule has 0 spiro atoms. The number of hydrogen-bond acceptors (Lipinski definition) is 4. The van der Waals surface area contributed by atoms with E-state index in [9.17, 15) is 14.4 Å². The van der Waals surface area contributed by atoms with Gasteiger partial charge in [-0.25, -0.2) is 4.39 Å². The van der Waals surface area contributed by atoms with Crippen LogP contribution in [-0.2, 0) is 11.4 Å². The predicted octanol–water partition coefficient (Wildman–Crippen LogP) is 6.34. The number of nitrogens with zero attached hydrogens (tertiary/aromatic N) is 1. The number of amides is 1. The average molecular weight is 509 g/mol. The fraction of sp³-hybridized carbons (Fsp3) is 0.154. The van der Waals surface area contributed by atoms with Gasteiger partial charge in [-0.1, -0.05) is 40.2 Å². The van der Waals surface area contributed by atoms with Gasteiger partial charge in [-0.3, -0.25) is 4.79 Å². The van der Waals surface area contributed by atoms with Crippen LogP contribution in [0.15, 0.2) is 64.6 Å². The van der Waals surface area contributed by atoms with Crippen molar-refractivity contribution in [3.8, 4) is 17.6 Å². The van der Waals surface area contributed by atoms with E-state index < -0.39 is 5.91 Å². The van der Waals surface area contributed by atoms with Crippen molar-refractivity contribution in [2.45, 2.75) is 20.5 Å². The Morgan fingerprint density at radius 3 is 2.55 bits per heavy atom. The summed E-state index contributed by atoms with van der Waals surface area (Å²) in [6.45, 7) is 4.09. The molecule has 3 rings (SSSR count). The van der Waals surface area contributed by atoms with Gasteiger partial charge in [0.1, 0.15) is 24.1 Å². The Kier molecular flexibility index (Phi) is 7.86. The molecule has 0 saturated heterocycles. The number of anilines is 1. The lowest BCUT2D eigenvalue weighted by Gasteiger charge is -2.13. The van der Waals surface area contributed by atoms with E-state index in [1.807, 2.05) is 32.0 Å². The number of aryl methyl sites for hydroxylation is 1. The van der Waals surface area contributed by atoms with E-state index in [1.165, 1.54) is 25.3 Å². The maximum Gasteiger partial charge on any atom is 0.266 e. The summed E-state index contributed by atoms with van der Waals surface area (Å²) in [7, 11) is 1.50. The maximum atomic E-state index is 13.1. The first-order valence-corrected chi connectivity index (χ1v) is 10.9. The molecule has 0 aliphatic carbocycles. The topological polar surface area (TPSA) is 71.3 Å². The number of nitriles is 1. The van der Waals surface area contributed by atoms with Crippen LogP contribution in [0, 0.1) is 31.0 Å². The van der Waals surface area contributed by atoms with Crippen molar-refractivity contribution < 1.29 is 18.7 Å². The van der Waals surface area contributed by atoms with Gasteiger partial charge in [-0.2, -0.15) is 5.26 Å². The van der Waals surface area contributed by atoms with Crippen LogP contribution < -0.4 is 14.8 Å². The zero-order valence-electron chi connectivity index (χ0n) is 18.4. The van der Waals surface area contributed by atoms with Crippen LogP contribution in [0.25, 0.3) is 6.08 Å². The lowest BCUT2D eigenvalue weighted by molar-refractivity contribution is -0.112. The number of hydrogen-bond donors (Lipinski definition) is 1. The normalized spacial score (nSPS) is 11.0. The predicted molar refractivity (Wildman–Crippen MR) is 130 cm³/mol. The van der Waals surface area contributed by atoms with Crippen LogP contribution >= 0.6 is 15.9 Å². The summed E-state index contributed by atoms with van der Waals surface area (Å²) in [6.07, 6.45) is 1.48. The SMILES string of the molecule is COc1cc(C=C(C#N)C(=O)Nc2cccc(C)c2C)c(Br)cc1OCc1ccc(F)cc1. The number of carbonyl (C=O) groups excluding carboxylic acids is 1. The highest BCUT2D eigenvalue weighted by Gasteiger charge is 2.15. The molecule has 168 valence electrons. The van der Waals surface area contributed by atoms with Crippen molar-refractivity contribution in [2.24, 2.45) is 0 Å². The van der Waals surface area contributed by atoms with Gasteiger partial charge in [0.25, 0.3) is 5.91 Å². The highest BCUT2D eigenvalue weighted by Crippen LogP contribution is 2.35.